The first-order valence-corrected chi connectivity index (χ1v) is 10.6. The van der Waals surface area contributed by atoms with E-state index in [1.54, 1.807) is 24.3 Å². The number of hydrogen-bond acceptors (Lipinski definition) is 10. The Balaban J connectivity index is 1.41. The standard InChI is InChI=1S/C23H20N2O10/c1-32-16-2-4-17(5-3-16)34-21-12-33-20-11-18(6-7-19(20)22(21)26)35-23(27)13-8-14(24(28)29)10-15(9-13)25(30)31/h2-5,8-10,12,18-20H,6-7,11H2,1H3. The average Bonchev–Trinajstić information content (AvgIpc) is 2.85. The van der Waals surface area contributed by atoms with Crippen LogP contribution in [0, 0.1) is 26.1 Å². The Morgan fingerprint density at radius 3 is 2.23 bits per heavy atom. The quantitative estimate of drug-likeness (QED) is 0.322. The van der Waals surface area contributed by atoms with Crippen molar-refractivity contribution in [2.24, 2.45) is 5.92 Å². The van der Waals surface area contributed by atoms with Gasteiger partial charge in [-0.1, -0.05) is 0 Å². The summed E-state index contributed by atoms with van der Waals surface area (Å²) in [5.41, 5.74) is -1.49. The Hall–Kier alpha value is -4.48. The maximum absolute atomic E-state index is 12.9. The van der Waals surface area contributed by atoms with Gasteiger partial charge in [0.05, 0.1) is 34.5 Å². The van der Waals surface area contributed by atoms with Crippen LogP contribution < -0.4 is 9.47 Å². The van der Waals surface area contributed by atoms with Crippen molar-refractivity contribution in [1.82, 2.24) is 0 Å². The van der Waals surface area contributed by atoms with Gasteiger partial charge < -0.3 is 18.9 Å². The fraction of sp³-hybridized carbons (Fsp3) is 0.304. The van der Waals surface area contributed by atoms with Crippen LogP contribution >= 0.6 is 0 Å². The fourth-order valence-electron chi connectivity index (χ4n) is 4.03. The fourth-order valence-corrected chi connectivity index (χ4v) is 4.03. The van der Waals surface area contributed by atoms with Gasteiger partial charge in [0.2, 0.25) is 11.5 Å². The molecule has 0 aromatic heterocycles. The van der Waals surface area contributed by atoms with E-state index in [1.807, 2.05) is 0 Å². The van der Waals surface area contributed by atoms with Crippen LogP contribution in [0.5, 0.6) is 11.5 Å². The third-order valence-electron chi connectivity index (χ3n) is 5.79. The summed E-state index contributed by atoms with van der Waals surface area (Å²) in [7, 11) is 1.54. The number of methoxy groups -OCH3 is 1. The van der Waals surface area contributed by atoms with Crippen molar-refractivity contribution >= 4 is 23.1 Å². The molecule has 1 aliphatic heterocycles. The molecule has 0 spiro atoms. The van der Waals surface area contributed by atoms with Gasteiger partial charge in [-0.05, 0) is 37.1 Å². The Morgan fingerprint density at radius 1 is 1.00 bits per heavy atom. The van der Waals surface area contributed by atoms with Crippen LogP contribution in [0.25, 0.3) is 0 Å². The van der Waals surface area contributed by atoms with Crippen LogP contribution in [-0.2, 0) is 14.3 Å². The van der Waals surface area contributed by atoms with Gasteiger partial charge in [0.1, 0.15) is 30.0 Å². The third-order valence-corrected chi connectivity index (χ3v) is 5.79. The minimum Gasteiger partial charge on any atom is -0.497 e. The number of fused-ring (bicyclic) bond motifs is 1. The molecule has 182 valence electrons. The topological polar surface area (TPSA) is 157 Å². The van der Waals surface area contributed by atoms with Gasteiger partial charge in [-0.2, -0.15) is 0 Å². The summed E-state index contributed by atoms with van der Waals surface area (Å²) in [6.45, 7) is 0. The lowest BCUT2D eigenvalue weighted by molar-refractivity contribution is -0.394. The number of esters is 1. The summed E-state index contributed by atoms with van der Waals surface area (Å²) in [4.78, 5) is 45.9. The van der Waals surface area contributed by atoms with Crippen molar-refractivity contribution in [3.63, 3.8) is 0 Å². The normalized spacial score (nSPS) is 21.1. The Bertz CT molecular complexity index is 1180. The molecule has 1 fully saturated rings. The van der Waals surface area contributed by atoms with Crippen LogP contribution in [0.15, 0.2) is 54.5 Å². The zero-order valence-electron chi connectivity index (χ0n) is 18.4. The van der Waals surface area contributed by atoms with Gasteiger partial charge in [0, 0.05) is 18.6 Å². The van der Waals surface area contributed by atoms with Crippen molar-refractivity contribution in [2.75, 3.05) is 7.11 Å². The van der Waals surface area contributed by atoms with Gasteiger partial charge in [-0.25, -0.2) is 4.79 Å². The molecule has 2 aromatic rings. The predicted octanol–water partition coefficient (Wildman–Crippen LogP) is 3.73. The molecule has 1 saturated carbocycles. The van der Waals surface area contributed by atoms with Crippen molar-refractivity contribution in [2.45, 2.75) is 31.5 Å². The van der Waals surface area contributed by atoms with Crippen molar-refractivity contribution < 1.29 is 38.4 Å². The van der Waals surface area contributed by atoms with Crippen LogP contribution in [-0.4, -0.2) is 40.9 Å². The highest BCUT2D eigenvalue weighted by atomic mass is 16.6. The number of non-ortho nitro benzene ring substituents is 2. The van der Waals surface area contributed by atoms with Crippen molar-refractivity contribution in [3.05, 3.63) is 80.3 Å². The molecule has 0 saturated heterocycles. The predicted molar refractivity (Wildman–Crippen MR) is 118 cm³/mol. The Kier molecular flexibility index (Phi) is 6.62. The number of ether oxygens (including phenoxy) is 4. The molecule has 12 nitrogen and oxygen atoms in total. The molecule has 0 radical (unpaired) electrons. The van der Waals surface area contributed by atoms with Crippen LogP contribution in [0.2, 0.25) is 0 Å². The van der Waals surface area contributed by atoms with Crippen LogP contribution in [0.4, 0.5) is 11.4 Å². The maximum Gasteiger partial charge on any atom is 0.338 e. The third kappa shape index (κ3) is 5.21. The van der Waals surface area contributed by atoms with E-state index >= 15 is 0 Å². The van der Waals surface area contributed by atoms with E-state index in [2.05, 4.69) is 0 Å². The van der Waals surface area contributed by atoms with E-state index in [4.69, 9.17) is 18.9 Å². The Morgan fingerprint density at radius 2 is 1.63 bits per heavy atom. The number of hydrogen-bond donors (Lipinski definition) is 0. The Labute approximate surface area is 198 Å². The van der Waals surface area contributed by atoms with Crippen molar-refractivity contribution in [1.29, 1.82) is 0 Å². The highest BCUT2D eigenvalue weighted by Gasteiger charge is 2.42. The number of carbonyl (C=O) groups excluding carboxylic acids is 2. The second-order valence-corrected chi connectivity index (χ2v) is 8.00. The number of allylic oxidation sites excluding steroid dienone is 1. The summed E-state index contributed by atoms with van der Waals surface area (Å²) in [5, 5.41) is 22.1. The van der Waals surface area contributed by atoms with Gasteiger partial charge in [-0.15, -0.1) is 0 Å². The SMILES string of the molecule is COc1ccc(OC2=COC3CC(OC(=O)c4cc([N+](=O)[O-])cc([N+](=O)[O-])c4)CCC3C2=O)cc1. The van der Waals surface area contributed by atoms with Gasteiger partial charge in [0.15, 0.2) is 0 Å². The molecule has 3 atom stereocenters. The monoisotopic (exact) mass is 484 g/mol. The lowest BCUT2D eigenvalue weighted by Crippen LogP contribution is -2.43. The maximum atomic E-state index is 12.9. The van der Waals surface area contributed by atoms with Crippen LogP contribution in [0.3, 0.4) is 0 Å². The van der Waals surface area contributed by atoms with E-state index < -0.39 is 45.3 Å². The van der Waals surface area contributed by atoms with E-state index in [0.29, 0.717) is 24.3 Å². The molecule has 4 rings (SSSR count). The number of nitrogens with zero attached hydrogens (tertiary/aromatic N) is 2. The first kappa shape index (κ1) is 23.7. The van der Waals surface area contributed by atoms with Gasteiger partial charge in [-0.3, -0.25) is 25.0 Å². The first-order valence-electron chi connectivity index (χ1n) is 10.6. The average molecular weight is 484 g/mol. The lowest BCUT2D eigenvalue weighted by Gasteiger charge is -2.36. The highest BCUT2D eigenvalue weighted by Crippen LogP contribution is 2.36. The summed E-state index contributed by atoms with van der Waals surface area (Å²) in [6, 6.07) is 9.33. The largest absolute Gasteiger partial charge is 0.497 e. The first-order chi connectivity index (χ1) is 16.7. The number of nitro groups is 2. The van der Waals surface area contributed by atoms with Gasteiger partial charge in [0.25, 0.3) is 11.4 Å². The number of ketones is 1. The molecule has 35 heavy (non-hydrogen) atoms. The number of Topliss-reactive ketones (excluding diaryl/α,β-unsaturated/α-hetero) is 1. The van der Waals surface area contributed by atoms with Gasteiger partial charge >= 0.3 is 5.97 Å². The van der Waals surface area contributed by atoms with Crippen molar-refractivity contribution in [3.8, 4) is 11.5 Å². The summed E-state index contributed by atoms with van der Waals surface area (Å²) < 4.78 is 21.9. The molecule has 0 N–H and O–H groups in total. The molecule has 1 aliphatic carbocycles. The molecule has 0 amide bonds. The van der Waals surface area contributed by atoms with E-state index in [1.165, 1.54) is 13.4 Å². The zero-order valence-corrected chi connectivity index (χ0v) is 18.4. The number of carbonyl (C=O) groups is 2. The number of nitro benzene ring substituents is 2. The number of benzene rings is 2. The lowest BCUT2D eigenvalue weighted by atomic mass is 9.80. The summed E-state index contributed by atoms with van der Waals surface area (Å²) in [6.07, 6.45) is 0.978. The highest BCUT2D eigenvalue weighted by molar-refractivity contribution is 5.96. The molecule has 12 heteroatoms. The molecular formula is C23H20N2O10. The molecular weight excluding hydrogens is 464 g/mol. The molecule has 2 aliphatic rings. The number of rotatable bonds is 7. The minimum atomic E-state index is -0.929. The summed E-state index contributed by atoms with van der Waals surface area (Å²) >= 11 is 0. The molecule has 1 heterocycles. The van der Waals surface area contributed by atoms with E-state index in [0.717, 1.165) is 18.2 Å². The van der Waals surface area contributed by atoms with E-state index in [-0.39, 0.29) is 23.5 Å². The second-order valence-electron chi connectivity index (χ2n) is 8.00. The van der Waals surface area contributed by atoms with E-state index in [9.17, 15) is 29.8 Å². The molecule has 0 bridgehead atoms. The van der Waals surface area contributed by atoms with Crippen LogP contribution in [0.1, 0.15) is 29.6 Å². The molecule has 2 aromatic carbocycles. The smallest absolute Gasteiger partial charge is 0.338 e. The summed E-state index contributed by atoms with van der Waals surface area (Å²) in [5.74, 6) is -0.484. The second kappa shape index (κ2) is 9.79. The zero-order chi connectivity index (χ0) is 25.1. The molecule has 3 unspecified atom stereocenters. The minimum absolute atomic E-state index is 0.0655.